The quantitative estimate of drug-likeness (QED) is 0.429. The highest BCUT2D eigenvalue weighted by Crippen LogP contribution is 2.27. The maximum Gasteiger partial charge on any atom is 0.332 e. The van der Waals surface area contributed by atoms with Gasteiger partial charge in [0.15, 0.2) is 22.7 Å². The van der Waals surface area contributed by atoms with Crippen molar-refractivity contribution in [3.8, 4) is 11.5 Å². The van der Waals surface area contributed by atoms with E-state index >= 15 is 0 Å². The first kappa shape index (κ1) is 20.8. The number of rotatable bonds is 7. The van der Waals surface area contributed by atoms with E-state index in [-0.39, 0.29) is 17.7 Å². The van der Waals surface area contributed by atoms with Crippen molar-refractivity contribution in [2.75, 3.05) is 13.7 Å². The summed E-state index contributed by atoms with van der Waals surface area (Å²) in [6.45, 7) is 2.21. The molecule has 0 fully saturated rings. The van der Waals surface area contributed by atoms with Crippen molar-refractivity contribution < 1.29 is 14.3 Å². The van der Waals surface area contributed by atoms with Crippen molar-refractivity contribution in [2.45, 2.75) is 13.5 Å². The molecule has 0 saturated carbocycles. The molecule has 2 aromatic heterocycles. The summed E-state index contributed by atoms with van der Waals surface area (Å²) in [6, 6.07) is 5.26. The topological polar surface area (TPSA) is 122 Å². The van der Waals surface area contributed by atoms with Gasteiger partial charge >= 0.3 is 5.69 Å². The monoisotopic (exact) mass is 414 g/mol. The van der Waals surface area contributed by atoms with Crippen LogP contribution in [0.25, 0.3) is 11.2 Å². The second-order valence-corrected chi connectivity index (χ2v) is 6.39. The van der Waals surface area contributed by atoms with Crippen LogP contribution in [0.2, 0.25) is 0 Å². The molecule has 0 spiro atoms. The molecule has 2 heterocycles. The predicted molar refractivity (Wildman–Crippen MR) is 110 cm³/mol. The molecular weight excluding hydrogens is 392 g/mol. The van der Waals surface area contributed by atoms with Crippen molar-refractivity contribution in [1.29, 1.82) is 0 Å². The third-order valence-corrected chi connectivity index (χ3v) is 4.42. The smallest absolute Gasteiger partial charge is 0.332 e. The molecule has 3 rings (SSSR count). The number of benzene rings is 1. The molecule has 0 aliphatic heterocycles. The number of aryl methyl sites for hydroxylation is 1. The highest BCUT2D eigenvalue weighted by molar-refractivity contribution is 5.83. The Bertz CT molecular complexity index is 1240. The Labute approximate surface area is 171 Å². The Morgan fingerprint density at radius 1 is 1.23 bits per heavy atom. The molecule has 0 unspecified atom stereocenters. The number of aromatic nitrogens is 4. The van der Waals surface area contributed by atoms with Gasteiger partial charge in [0.25, 0.3) is 11.5 Å². The molecule has 1 N–H and O–H groups in total. The average Bonchev–Trinajstić information content (AvgIpc) is 3.15. The van der Waals surface area contributed by atoms with Gasteiger partial charge in [0.1, 0.15) is 6.54 Å². The average molecular weight is 414 g/mol. The van der Waals surface area contributed by atoms with Crippen LogP contribution in [-0.4, -0.2) is 44.5 Å². The number of methoxy groups -OCH3 is 1. The Kier molecular flexibility index (Phi) is 6.00. The Morgan fingerprint density at radius 3 is 2.70 bits per heavy atom. The molecule has 0 saturated heterocycles. The summed E-state index contributed by atoms with van der Waals surface area (Å²) in [4.78, 5) is 40.7. The van der Waals surface area contributed by atoms with Crippen molar-refractivity contribution >= 4 is 23.3 Å². The zero-order valence-corrected chi connectivity index (χ0v) is 17.1. The van der Waals surface area contributed by atoms with Crippen molar-refractivity contribution in [3.05, 3.63) is 50.9 Å². The molecule has 30 heavy (non-hydrogen) atoms. The van der Waals surface area contributed by atoms with E-state index < -0.39 is 17.2 Å². The van der Waals surface area contributed by atoms with E-state index in [1.807, 2.05) is 6.92 Å². The van der Waals surface area contributed by atoms with Crippen LogP contribution >= 0.6 is 0 Å². The molecule has 11 nitrogen and oxygen atoms in total. The number of carbonyl (C=O) groups is 1. The van der Waals surface area contributed by atoms with Crippen LogP contribution in [-0.2, 0) is 25.4 Å². The van der Waals surface area contributed by atoms with Crippen LogP contribution in [0.5, 0.6) is 11.5 Å². The predicted octanol–water partition coefficient (Wildman–Crippen LogP) is -0.00870. The van der Waals surface area contributed by atoms with Crippen LogP contribution in [0.1, 0.15) is 12.5 Å². The minimum atomic E-state index is -0.525. The van der Waals surface area contributed by atoms with Gasteiger partial charge < -0.3 is 14.0 Å². The number of ether oxygens (including phenoxy) is 2. The maximum atomic E-state index is 12.4. The Morgan fingerprint density at radius 2 is 2.00 bits per heavy atom. The first-order valence-electron chi connectivity index (χ1n) is 9.11. The first-order valence-corrected chi connectivity index (χ1v) is 9.11. The molecular formula is C19H22N6O5. The van der Waals surface area contributed by atoms with Gasteiger partial charge in [-0.15, -0.1) is 0 Å². The molecule has 11 heteroatoms. The van der Waals surface area contributed by atoms with Gasteiger partial charge in [-0.2, -0.15) is 5.10 Å². The third kappa shape index (κ3) is 3.95. The number of hydrogen-bond acceptors (Lipinski definition) is 7. The van der Waals surface area contributed by atoms with Gasteiger partial charge in [0.05, 0.1) is 26.3 Å². The summed E-state index contributed by atoms with van der Waals surface area (Å²) in [5.41, 5.74) is 2.46. The zero-order chi connectivity index (χ0) is 21.8. The SMILES string of the molecule is CCOc1ccc(/C=N\NC(=O)Cn2cnc3c2c(=O)n(C)c(=O)n3C)cc1OC. The van der Waals surface area contributed by atoms with Crippen LogP contribution < -0.4 is 26.1 Å². The number of nitrogens with one attached hydrogen (secondary N) is 1. The summed E-state index contributed by atoms with van der Waals surface area (Å²) >= 11 is 0. The number of carbonyl (C=O) groups excluding carboxylic acids is 1. The highest BCUT2D eigenvalue weighted by atomic mass is 16.5. The van der Waals surface area contributed by atoms with Gasteiger partial charge in [-0.3, -0.25) is 18.7 Å². The van der Waals surface area contributed by atoms with Crippen LogP contribution in [0.3, 0.4) is 0 Å². The molecule has 0 bridgehead atoms. The standard InChI is InChI=1S/C19H22N6O5/c1-5-30-13-7-6-12(8-14(13)29-4)9-21-22-15(26)10-25-11-20-17-16(25)18(27)24(3)19(28)23(17)2/h6-9,11H,5,10H2,1-4H3,(H,22,26)/b21-9-. The molecule has 1 aromatic carbocycles. The molecule has 0 atom stereocenters. The lowest BCUT2D eigenvalue weighted by Crippen LogP contribution is -2.38. The minimum absolute atomic E-state index is 0.162. The zero-order valence-electron chi connectivity index (χ0n) is 17.1. The number of fused-ring (bicyclic) bond motifs is 1. The lowest BCUT2D eigenvalue weighted by atomic mass is 10.2. The highest BCUT2D eigenvalue weighted by Gasteiger charge is 2.15. The van der Waals surface area contributed by atoms with Crippen LogP contribution in [0.15, 0.2) is 39.2 Å². The largest absolute Gasteiger partial charge is 0.493 e. The third-order valence-electron chi connectivity index (χ3n) is 4.42. The molecule has 158 valence electrons. The second-order valence-electron chi connectivity index (χ2n) is 6.39. The number of imidazole rings is 1. The van der Waals surface area contributed by atoms with E-state index in [9.17, 15) is 14.4 Å². The summed E-state index contributed by atoms with van der Waals surface area (Å²) in [5, 5.41) is 3.93. The summed E-state index contributed by atoms with van der Waals surface area (Å²) in [5.74, 6) is 0.710. The van der Waals surface area contributed by atoms with Crippen LogP contribution in [0, 0.1) is 0 Å². The van der Waals surface area contributed by atoms with E-state index in [0.29, 0.717) is 23.7 Å². The van der Waals surface area contributed by atoms with E-state index in [1.165, 1.54) is 42.9 Å². The van der Waals surface area contributed by atoms with E-state index in [4.69, 9.17) is 9.47 Å². The summed E-state index contributed by atoms with van der Waals surface area (Å²) in [7, 11) is 4.42. The molecule has 0 aliphatic rings. The number of amides is 1. The Hall–Kier alpha value is -3.89. The summed E-state index contributed by atoms with van der Waals surface area (Å²) < 4.78 is 14.3. The van der Waals surface area contributed by atoms with Crippen molar-refractivity contribution in [3.63, 3.8) is 0 Å². The number of hydrazone groups is 1. The van der Waals surface area contributed by atoms with Crippen molar-refractivity contribution in [1.82, 2.24) is 24.1 Å². The van der Waals surface area contributed by atoms with Gasteiger partial charge in [-0.25, -0.2) is 15.2 Å². The lowest BCUT2D eigenvalue weighted by Gasteiger charge is -2.09. The molecule has 1 amide bonds. The fourth-order valence-corrected chi connectivity index (χ4v) is 2.92. The fraction of sp³-hybridized carbons (Fsp3) is 0.316. The summed E-state index contributed by atoms with van der Waals surface area (Å²) in [6.07, 6.45) is 2.80. The molecule has 0 radical (unpaired) electrons. The van der Waals surface area contributed by atoms with Gasteiger partial charge in [0.2, 0.25) is 0 Å². The van der Waals surface area contributed by atoms with Gasteiger partial charge in [0, 0.05) is 14.1 Å². The number of hydrogen-bond donors (Lipinski definition) is 1. The van der Waals surface area contributed by atoms with Crippen LogP contribution in [0.4, 0.5) is 0 Å². The maximum absolute atomic E-state index is 12.4. The Balaban J connectivity index is 1.74. The van der Waals surface area contributed by atoms with Gasteiger partial charge in [-0.05, 0) is 30.7 Å². The van der Waals surface area contributed by atoms with Gasteiger partial charge in [-0.1, -0.05) is 0 Å². The first-order chi connectivity index (χ1) is 14.4. The van der Waals surface area contributed by atoms with E-state index in [0.717, 1.165) is 4.57 Å². The molecule has 0 aliphatic carbocycles. The van der Waals surface area contributed by atoms with E-state index in [2.05, 4.69) is 15.5 Å². The minimum Gasteiger partial charge on any atom is -0.493 e. The number of nitrogens with zero attached hydrogens (tertiary/aromatic N) is 5. The molecule has 3 aromatic rings. The fourth-order valence-electron chi connectivity index (χ4n) is 2.92. The second kappa shape index (κ2) is 8.64. The van der Waals surface area contributed by atoms with Crippen molar-refractivity contribution in [2.24, 2.45) is 19.2 Å². The lowest BCUT2D eigenvalue weighted by molar-refractivity contribution is -0.121. The normalized spacial score (nSPS) is 11.2. The van der Waals surface area contributed by atoms with E-state index in [1.54, 1.807) is 18.2 Å².